The van der Waals surface area contributed by atoms with Crippen LogP contribution in [0.1, 0.15) is 11.3 Å². The molecule has 19 heavy (non-hydrogen) atoms. The first-order chi connectivity index (χ1) is 9.24. The number of rotatable bonds is 6. The maximum Gasteiger partial charge on any atom is 0.200 e. The molecule has 2 aromatic rings. The van der Waals surface area contributed by atoms with Crippen molar-refractivity contribution in [2.75, 3.05) is 14.2 Å². The molecule has 0 saturated heterocycles. The van der Waals surface area contributed by atoms with E-state index in [-0.39, 0.29) is 5.75 Å². The molecule has 1 aromatic carbocycles. The summed E-state index contributed by atoms with van der Waals surface area (Å²) in [5.74, 6) is 1.79. The molecule has 5 nitrogen and oxygen atoms in total. The third-order valence-corrected chi connectivity index (χ3v) is 2.85. The molecule has 0 saturated carbocycles. The molecular weight excluding hydrogens is 246 g/mol. The van der Waals surface area contributed by atoms with Gasteiger partial charge in [0, 0.05) is 5.56 Å². The van der Waals surface area contributed by atoms with Gasteiger partial charge in [-0.2, -0.15) is 0 Å². The van der Waals surface area contributed by atoms with Gasteiger partial charge in [-0.05, 0) is 24.3 Å². The largest absolute Gasteiger partial charge is 0.502 e. The van der Waals surface area contributed by atoms with Crippen LogP contribution in [0, 0.1) is 0 Å². The van der Waals surface area contributed by atoms with Crippen molar-refractivity contribution in [3.63, 3.8) is 0 Å². The molecule has 102 valence electrons. The Balaban J connectivity index is 2.03. The highest BCUT2D eigenvalue weighted by Crippen LogP contribution is 2.36. The van der Waals surface area contributed by atoms with Crippen LogP contribution in [-0.2, 0) is 13.1 Å². The molecule has 2 rings (SSSR count). The topological polar surface area (TPSA) is 68.4 Å². The Hall–Kier alpha value is -2.14. The van der Waals surface area contributed by atoms with Crippen LogP contribution in [0.4, 0.5) is 0 Å². The second-order valence-electron chi connectivity index (χ2n) is 4.13. The summed E-state index contributed by atoms with van der Waals surface area (Å²) in [6.45, 7) is 1.51. The van der Waals surface area contributed by atoms with Crippen molar-refractivity contribution in [3.05, 3.63) is 41.9 Å². The normalized spacial score (nSPS) is 10.4. The Morgan fingerprint density at radius 2 is 1.84 bits per heavy atom. The van der Waals surface area contributed by atoms with Gasteiger partial charge in [0.15, 0.2) is 17.3 Å². The van der Waals surface area contributed by atoms with Gasteiger partial charge in [0.2, 0.25) is 5.75 Å². The number of ether oxygens (including phenoxy) is 2. The van der Waals surface area contributed by atoms with Crippen molar-refractivity contribution >= 4 is 0 Å². The van der Waals surface area contributed by atoms with Crippen LogP contribution in [0.2, 0.25) is 0 Å². The van der Waals surface area contributed by atoms with E-state index in [1.165, 1.54) is 14.2 Å². The fourth-order valence-corrected chi connectivity index (χ4v) is 1.88. The molecule has 0 unspecified atom stereocenters. The van der Waals surface area contributed by atoms with Crippen molar-refractivity contribution < 1.29 is 24.3 Å². The average Bonchev–Trinajstić information content (AvgIpc) is 2.93. The predicted octanol–water partition coefficient (Wildman–Crippen LogP) is 1.27. The van der Waals surface area contributed by atoms with E-state index in [1.54, 1.807) is 18.4 Å². The number of hydrogen-bond donors (Lipinski definition) is 2. The van der Waals surface area contributed by atoms with E-state index in [1.807, 2.05) is 12.1 Å². The zero-order chi connectivity index (χ0) is 13.7. The molecule has 1 aromatic heterocycles. The van der Waals surface area contributed by atoms with Gasteiger partial charge in [-0.3, -0.25) is 0 Å². The van der Waals surface area contributed by atoms with Crippen LogP contribution in [-0.4, -0.2) is 19.3 Å². The summed E-state index contributed by atoms with van der Waals surface area (Å²) in [5, 5.41) is 11.9. The first-order valence-electron chi connectivity index (χ1n) is 6.02. The minimum atomic E-state index is 0.0276. The molecule has 3 N–H and O–H groups in total. The predicted molar refractivity (Wildman–Crippen MR) is 69.3 cm³/mol. The summed E-state index contributed by atoms with van der Waals surface area (Å²) >= 11 is 0. The minimum absolute atomic E-state index is 0.0276. The first kappa shape index (κ1) is 13.3. The average molecular weight is 264 g/mol. The van der Waals surface area contributed by atoms with Crippen molar-refractivity contribution in [2.45, 2.75) is 13.1 Å². The number of benzene rings is 1. The monoisotopic (exact) mass is 264 g/mol. The van der Waals surface area contributed by atoms with Gasteiger partial charge >= 0.3 is 0 Å². The molecule has 0 aliphatic rings. The van der Waals surface area contributed by atoms with Gasteiger partial charge in [-0.25, -0.2) is 0 Å². The highest BCUT2D eigenvalue weighted by Gasteiger charge is 2.12. The summed E-state index contributed by atoms with van der Waals surface area (Å²) in [7, 11) is 3.04. The van der Waals surface area contributed by atoms with Gasteiger partial charge in [-0.1, -0.05) is 0 Å². The molecule has 0 aliphatic heterocycles. The number of hydrogen-bond acceptors (Lipinski definition) is 4. The highest BCUT2D eigenvalue weighted by molar-refractivity contribution is 5.52. The summed E-state index contributed by atoms with van der Waals surface area (Å²) in [6, 6.07) is 7.41. The van der Waals surface area contributed by atoms with E-state index < -0.39 is 0 Å². The van der Waals surface area contributed by atoms with E-state index in [4.69, 9.17) is 13.9 Å². The zero-order valence-electron chi connectivity index (χ0n) is 11.1. The van der Waals surface area contributed by atoms with Gasteiger partial charge < -0.3 is 24.3 Å². The second kappa shape index (κ2) is 6.15. The number of furan rings is 1. The van der Waals surface area contributed by atoms with Crippen molar-refractivity contribution in [1.82, 2.24) is 0 Å². The third kappa shape index (κ3) is 3.20. The van der Waals surface area contributed by atoms with E-state index in [2.05, 4.69) is 5.32 Å². The van der Waals surface area contributed by atoms with Gasteiger partial charge in [-0.15, -0.1) is 0 Å². The molecule has 1 heterocycles. The third-order valence-electron chi connectivity index (χ3n) is 2.85. The first-order valence-corrected chi connectivity index (χ1v) is 6.02. The van der Waals surface area contributed by atoms with Crippen LogP contribution < -0.4 is 14.8 Å². The summed E-state index contributed by atoms with van der Waals surface area (Å²) in [4.78, 5) is 0. The second-order valence-corrected chi connectivity index (χ2v) is 4.13. The lowest BCUT2D eigenvalue weighted by Gasteiger charge is -2.10. The maximum absolute atomic E-state index is 9.81. The Morgan fingerprint density at radius 3 is 2.37 bits per heavy atom. The maximum atomic E-state index is 9.81. The van der Waals surface area contributed by atoms with Crippen LogP contribution in [0.5, 0.6) is 17.2 Å². The van der Waals surface area contributed by atoms with Gasteiger partial charge in [0.1, 0.15) is 13.1 Å². The summed E-state index contributed by atoms with van der Waals surface area (Å²) < 4.78 is 15.5. The molecule has 0 bridgehead atoms. The van der Waals surface area contributed by atoms with E-state index in [0.29, 0.717) is 11.5 Å². The fraction of sp³-hybridized carbons (Fsp3) is 0.286. The molecular formula is C14H18NO4+. The lowest BCUT2D eigenvalue weighted by molar-refractivity contribution is -0.688. The van der Waals surface area contributed by atoms with Crippen molar-refractivity contribution in [1.29, 1.82) is 0 Å². The number of nitrogens with two attached hydrogens (primary N) is 1. The standard InChI is InChI=1S/C14H17NO4/c1-17-12-6-10(7-13(18-2)14(12)16)8-15-9-11-4-3-5-19-11/h3-7,15-16H,8-9H2,1-2H3/p+1. The van der Waals surface area contributed by atoms with Crippen LogP contribution in [0.25, 0.3) is 0 Å². The van der Waals surface area contributed by atoms with E-state index in [9.17, 15) is 5.11 Å². The number of quaternary nitrogens is 1. The fourth-order valence-electron chi connectivity index (χ4n) is 1.88. The summed E-state index contributed by atoms with van der Waals surface area (Å²) in [5.41, 5.74) is 1.01. The number of phenolic OH excluding ortho intramolecular Hbond substituents is 1. The smallest absolute Gasteiger partial charge is 0.200 e. The quantitative estimate of drug-likeness (QED) is 0.824. The minimum Gasteiger partial charge on any atom is -0.502 e. The molecule has 0 atom stereocenters. The van der Waals surface area contributed by atoms with E-state index in [0.717, 1.165) is 24.4 Å². The van der Waals surface area contributed by atoms with Crippen molar-refractivity contribution in [3.8, 4) is 17.2 Å². The molecule has 0 radical (unpaired) electrons. The number of phenols is 1. The molecule has 0 fully saturated rings. The lowest BCUT2D eigenvalue weighted by Crippen LogP contribution is -2.80. The van der Waals surface area contributed by atoms with Crippen LogP contribution in [0.15, 0.2) is 34.9 Å². The lowest BCUT2D eigenvalue weighted by atomic mass is 10.2. The van der Waals surface area contributed by atoms with Gasteiger partial charge in [0.05, 0.1) is 20.5 Å². The van der Waals surface area contributed by atoms with Gasteiger partial charge in [0.25, 0.3) is 0 Å². The Labute approximate surface area is 111 Å². The number of methoxy groups -OCH3 is 2. The van der Waals surface area contributed by atoms with Crippen LogP contribution >= 0.6 is 0 Å². The van der Waals surface area contributed by atoms with Crippen molar-refractivity contribution in [2.24, 2.45) is 0 Å². The Kier molecular flexibility index (Phi) is 4.30. The SMILES string of the molecule is COc1cc(C[NH2+]Cc2ccco2)cc(OC)c1O. The Bertz CT molecular complexity index is 497. The molecule has 0 spiro atoms. The highest BCUT2D eigenvalue weighted by atomic mass is 16.5. The Morgan fingerprint density at radius 1 is 1.16 bits per heavy atom. The summed E-state index contributed by atoms with van der Waals surface area (Å²) in [6.07, 6.45) is 1.66. The van der Waals surface area contributed by atoms with Crippen LogP contribution in [0.3, 0.4) is 0 Å². The zero-order valence-corrected chi connectivity index (χ0v) is 11.1. The molecule has 0 amide bonds. The molecule has 5 heteroatoms. The molecule has 0 aliphatic carbocycles. The number of aromatic hydroxyl groups is 1. The van der Waals surface area contributed by atoms with E-state index >= 15 is 0 Å².